The third-order valence-corrected chi connectivity index (χ3v) is 3.69. The Morgan fingerprint density at radius 3 is 2.83 bits per heavy atom. The number of carbonyl (C=O) groups is 1. The van der Waals surface area contributed by atoms with Crippen molar-refractivity contribution in [3.8, 4) is 5.75 Å². The third-order valence-electron chi connectivity index (χ3n) is 3.69. The predicted molar refractivity (Wildman–Crippen MR) is 90.6 cm³/mol. The standard InChI is InChI=1S/C18H28N2O3/c1-12-6-7-14(15(10-12)23-18(3,4)5)11-20-17(21)16-13(2)22-9-8-19-16/h6-7,10,13,16,19H,8-9,11H2,1-5H3,(H,20,21)/t13-,16+/m1/s1. The Hall–Kier alpha value is -1.59. The van der Waals surface area contributed by atoms with Gasteiger partial charge in [0.15, 0.2) is 0 Å². The summed E-state index contributed by atoms with van der Waals surface area (Å²) in [5.74, 6) is 0.776. The van der Waals surface area contributed by atoms with Crippen molar-refractivity contribution in [2.75, 3.05) is 13.2 Å². The second-order valence-corrected chi connectivity index (χ2v) is 7.05. The van der Waals surface area contributed by atoms with Gasteiger partial charge in [0.25, 0.3) is 0 Å². The number of aryl methyl sites for hydroxylation is 1. The Morgan fingerprint density at radius 1 is 1.43 bits per heavy atom. The number of hydrogen-bond donors (Lipinski definition) is 2. The molecule has 0 spiro atoms. The zero-order valence-corrected chi connectivity index (χ0v) is 14.7. The number of rotatable bonds is 4. The molecule has 0 saturated carbocycles. The van der Waals surface area contributed by atoms with Crippen molar-refractivity contribution in [2.24, 2.45) is 0 Å². The number of hydrogen-bond acceptors (Lipinski definition) is 4. The van der Waals surface area contributed by atoms with Crippen LogP contribution in [0.2, 0.25) is 0 Å². The van der Waals surface area contributed by atoms with E-state index in [-0.39, 0.29) is 23.7 Å². The van der Waals surface area contributed by atoms with Crippen molar-refractivity contribution < 1.29 is 14.3 Å². The number of nitrogens with one attached hydrogen (secondary N) is 2. The van der Waals surface area contributed by atoms with E-state index in [1.54, 1.807) is 0 Å². The smallest absolute Gasteiger partial charge is 0.240 e. The zero-order chi connectivity index (χ0) is 17.0. The summed E-state index contributed by atoms with van der Waals surface area (Å²) in [5, 5.41) is 6.18. The van der Waals surface area contributed by atoms with E-state index >= 15 is 0 Å². The molecule has 1 fully saturated rings. The van der Waals surface area contributed by atoms with E-state index in [0.29, 0.717) is 19.7 Å². The molecule has 5 nitrogen and oxygen atoms in total. The second kappa shape index (κ2) is 7.32. The average Bonchev–Trinajstić information content (AvgIpc) is 2.45. The Labute approximate surface area is 138 Å². The number of carbonyl (C=O) groups excluding carboxylic acids is 1. The maximum absolute atomic E-state index is 12.4. The SMILES string of the molecule is Cc1ccc(CNC(=O)[C@H]2NCCO[C@@H]2C)c(OC(C)(C)C)c1. The van der Waals surface area contributed by atoms with Gasteiger partial charge in [0, 0.05) is 18.7 Å². The van der Waals surface area contributed by atoms with Crippen molar-refractivity contribution >= 4 is 5.91 Å². The summed E-state index contributed by atoms with van der Waals surface area (Å²) in [6, 6.07) is 5.74. The molecule has 23 heavy (non-hydrogen) atoms. The van der Waals surface area contributed by atoms with Crippen LogP contribution in [0, 0.1) is 6.92 Å². The maximum Gasteiger partial charge on any atom is 0.240 e. The fourth-order valence-corrected chi connectivity index (χ4v) is 2.55. The van der Waals surface area contributed by atoms with Crippen molar-refractivity contribution in [1.29, 1.82) is 0 Å². The molecule has 0 unspecified atom stereocenters. The molecule has 0 radical (unpaired) electrons. The highest BCUT2D eigenvalue weighted by molar-refractivity contribution is 5.82. The van der Waals surface area contributed by atoms with Crippen LogP contribution in [-0.2, 0) is 16.1 Å². The van der Waals surface area contributed by atoms with Gasteiger partial charge >= 0.3 is 0 Å². The summed E-state index contributed by atoms with van der Waals surface area (Å²) in [4.78, 5) is 12.4. The minimum atomic E-state index is -0.304. The molecule has 1 aromatic rings. The molecule has 0 bridgehead atoms. The first kappa shape index (κ1) is 17.8. The summed E-state index contributed by atoms with van der Waals surface area (Å²) in [5.41, 5.74) is 1.83. The lowest BCUT2D eigenvalue weighted by Gasteiger charge is -2.29. The summed E-state index contributed by atoms with van der Waals surface area (Å²) in [6.07, 6.45) is -0.118. The Kier molecular flexibility index (Phi) is 5.65. The summed E-state index contributed by atoms with van der Waals surface area (Å²) < 4.78 is 11.5. The third kappa shape index (κ3) is 5.22. The summed E-state index contributed by atoms with van der Waals surface area (Å²) in [6.45, 7) is 11.8. The molecular formula is C18H28N2O3. The molecule has 0 aliphatic carbocycles. The Balaban J connectivity index is 2.03. The van der Waals surface area contributed by atoms with E-state index in [2.05, 4.69) is 10.6 Å². The largest absolute Gasteiger partial charge is 0.488 e. The van der Waals surface area contributed by atoms with Gasteiger partial charge in [-0.2, -0.15) is 0 Å². The van der Waals surface area contributed by atoms with E-state index in [4.69, 9.17) is 9.47 Å². The van der Waals surface area contributed by atoms with Gasteiger partial charge in [0.2, 0.25) is 5.91 Å². The van der Waals surface area contributed by atoms with Gasteiger partial charge in [0.05, 0.1) is 12.7 Å². The molecule has 2 rings (SSSR count). The normalized spacial score (nSPS) is 21.8. The van der Waals surface area contributed by atoms with Crippen LogP contribution in [0.4, 0.5) is 0 Å². The van der Waals surface area contributed by atoms with Gasteiger partial charge in [-0.05, 0) is 46.2 Å². The van der Waals surface area contributed by atoms with Crippen LogP contribution in [0.5, 0.6) is 5.75 Å². The first-order valence-corrected chi connectivity index (χ1v) is 8.17. The van der Waals surface area contributed by atoms with Crippen LogP contribution in [0.3, 0.4) is 0 Å². The van der Waals surface area contributed by atoms with Gasteiger partial charge in [-0.25, -0.2) is 0 Å². The molecule has 1 amide bonds. The number of ether oxygens (including phenoxy) is 2. The first-order chi connectivity index (χ1) is 10.8. The average molecular weight is 320 g/mol. The molecule has 128 valence electrons. The fourth-order valence-electron chi connectivity index (χ4n) is 2.55. The van der Waals surface area contributed by atoms with Gasteiger partial charge < -0.3 is 20.1 Å². The molecule has 1 saturated heterocycles. The van der Waals surface area contributed by atoms with Gasteiger partial charge in [-0.3, -0.25) is 4.79 Å². The van der Waals surface area contributed by atoms with E-state index in [1.807, 2.05) is 52.8 Å². The van der Waals surface area contributed by atoms with Gasteiger partial charge in [-0.15, -0.1) is 0 Å². The lowest BCUT2D eigenvalue weighted by atomic mass is 10.1. The van der Waals surface area contributed by atoms with E-state index in [9.17, 15) is 4.79 Å². The van der Waals surface area contributed by atoms with E-state index in [1.165, 1.54) is 0 Å². The number of benzene rings is 1. The molecular weight excluding hydrogens is 292 g/mol. The molecule has 0 aromatic heterocycles. The second-order valence-electron chi connectivity index (χ2n) is 7.05. The molecule has 1 aromatic carbocycles. The monoisotopic (exact) mass is 320 g/mol. The lowest BCUT2D eigenvalue weighted by Crippen LogP contribution is -2.55. The predicted octanol–water partition coefficient (Wildman–Crippen LogP) is 2.17. The number of morpholine rings is 1. The van der Waals surface area contributed by atoms with Crippen LogP contribution in [0.15, 0.2) is 18.2 Å². The Morgan fingerprint density at radius 2 is 2.17 bits per heavy atom. The molecule has 5 heteroatoms. The maximum atomic E-state index is 12.4. The van der Waals surface area contributed by atoms with Crippen molar-refractivity contribution in [3.63, 3.8) is 0 Å². The van der Waals surface area contributed by atoms with Gasteiger partial charge in [-0.1, -0.05) is 12.1 Å². The van der Waals surface area contributed by atoms with E-state index < -0.39 is 0 Å². The van der Waals surface area contributed by atoms with Crippen LogP contribution in [0.25, 0.3) is 0 Å². The van der Waals surface area contributed by atoms with Crippen molar-refractivity contribution in [2.45, 2.75) is 58.9 Å². The zero-order valence-electron chi connectivity index (χ0n) is 14.7. The van der Waals surface area contributed by atoms with Crippen LogP contribution in [-0.4, -0.2) is 36.8 Å². The molecule has 1 aliphatic heterocycles. The highest BCUT2D eigenvalue weighted by Crippen LogP contribution is 2.24. The quantitative estimate of drug-likeness (QED) is 0.892. The van der Waals surface area contributed by atoms with Crippen LogP contribution < -0.4 is 15.4 Å². The van der Waals surface area contributed by atoms with Crippen molar-refractivity contribution in [1.82, 2.24) is 10.6 Å². The molecule has 2 atom stereocenters. The minimum absolute atomic E-state index is 0.0421. The Bertz CT molecular complexity index is 552. The topological polar surface area (TPSA) is 59.6 Å². The van der Waals surface area contributed by atoms with Gasteiger partial charge in [0.1, 0.15) is 17.4 Å². The number of amides is 1. The highest BCUT2D eigenvalue weighted by atomic mass is 16.5. The minimum Gasteiger partial charge on any atom is -0.488 e. The van der Waals surface area contributed by atoms with Crippen LogP contribution >= 0.6 is 0 Å². The van der Waals surface area contributed by atoms with E-state index in [0.717, 1.165) is 16.9 Å². The first-order valence-electron chi connectivity index (χ1n) is 8.17. The van der Waals surface area contributed by atoms with Crippen molar-refractivity contribution in [3.05, 3.63) is 29.3 Å². The summed E-state index contributed by atoms with van der Waals surface area (Å²) in [7, 11) is 0. The molecule has 1 aliphatic rings. The fraction of sp³-hybridized carbons (Fsp3) is 0.611. The molecule has 1 heterocycles. The van der Waals surface area contributed by atoms with Crippen LogP contribution in [0.1, 0.15) is 38.8 Å². The molecule has 2 N–H and O–H groups in total. The lowest BCUT2D eigenvalue weighted by molar-refractivity contribution is -0.129. The summed E-state index contributed by atoms with van der Waals surface area (Å²) >= 11 is 0. The highest BCUT2D eigenvalue weighted by Gasteiger charge is 2.28.